The molecule has 27 heavy (non-hydrogen) atoms. The molecule has 5 nitrogen and oxygen atoms in total. The maximum absolute atomic E-state index is 12.4. The molecule has 2 amide bonds. The van der Waals surface area contributed by atoms with Crippen LogP contribution >= 0.6 is 0 Å². The Morgan fingerprint density at radius 3 is 2.26 bits per heavy atom. The molecule has 0 fully saturated rings. The third-order valence-electron chi connectivity index (χ3n) is 4.22. The second kappa shape index (κ2) is 9.21. The Bertz CT molecular complexity index is 805. The summed E-state index contributed by atoms with van der Waals surface area (Å²) in [7, 11) is 0. The minimum absolute atomic E-state index is 0.0846. The first-order valence-electron chi connectivity index (χ1n) is 9.26. The highest BCUT2D eigenvalue weighted by molar-refractivity contribution is 6.01. The average Bonchev–Trinajstić information content (AvgIpc) is 2.61. The van der Waals surface area contributed by atoms with Crippen LogP contribution in [0.1, 0.15) is 40.9 Å². The Labute approximate surface area is 161 Å². The number of hydrogen-bond donors (Lipinski definition) is 3. The summed E-state index contributed by atoms with van der Waals surface area (Å²) in [6.45, 7) is 10.8. The predicted octanol–water partition coefficient (Wildman–Crippen LogP) is 4.05. The first-order chi connectivity index (χ1) is 12.8. The summed E-state index contributed by atoms with van der Waals surface area (Å²) in [6, 6.07) is 11.3. The number of amides is 2. The lowest BCUT2D eigenvalue weighted by atomic mass is 10.1. The van der Waals surface area contributed by atoms with Gasteiger partial charge in [0, 0.05) is 17.9 Å². The second-order valence-corrected chi connectivity index (χ2v) is 7.32. The molecule has 0 radical (unpaired) electrons. The van der Waals surface area contributed by atoms with Crippen LogP contribution in [0.5, 0.6) is 0 Å². The van der Waals surface area contributed by atoms with E-state index in [0.717, 1.165) is 16.8 Å². The van der Waals surface area contributed by atoms with Crippen molar-refractivity contribution < 1.29 is 9.59 Å². The number of hydrogen-bond acceptors (Lipinski definition) is 3. The SMILES string of the molecule is Cc1cc(C)c(NC(=O)CNc2ccccc2C(=O)NCC(C)C)c(C)c1. The molecular formula is C22H29N3O2. The average molecular weight is 367 g/mol. The summed E-state index contributed by atoms with van der Waals surface area (Å²) in [6.07, 6.45) is 0. The number of para-hydroxylation sites is 1. The molecule has 0 saturated heterocycles. The number of carbonyl (C=O) groups is 2. The lowest BCUT2D eigenvalue weighted by molar-refractivity contribution is -0.114. The van der Waals surface area contributed by atoms with Crippen molar-refractivity contribution >= 4 is 23.2 Å². The molecule has 3 N–H and O–H groups in total. The molecule has 0 aliphatic carbocycles. The van der Waals surface area contributed by atoms with E-state index in [4.69, 9.17) is 0 Å². The summed E-state index contributed by atoms with van der Waals surface area (Å²) in [4.78, 5) is 24.8. The number of nitrogens with one attached hydrogen (secondary N) is 3. The molecule has 0 saturated carbocycles. The van der Waals surface area contributed by atoms with E-state index in [1.54, 1.807) is 12.1 Å². The van der Waals surface area contributed by atoms with E-state index >= 15 is 0 Å². The summed E-state index contributed by atoms with van der Waals surface area (Å²) in [5, 5.41) is 8.95. The third-order valence-corrected chi connectivity index (χ3v) is 4.22. The molecule has 5 heteroatoms. The van der Waals surface area contributed by atoms with Crippen LogP contribution in [0.4, 0.5) is 11.4 Å². The first-order valence-corrected chi connectivity index (χ1v) is 9.26. The van der Waals surface area contributed by atoms with Crippen LogP contribution in [-0.2, 0) is 4.79 Å². The van der Waals surface area contributed by atoms with E-state index in [2.05, 4.69) is 16.0 Å². The number of anilines is 2. The van der Waals surface area contributed by atoms with Crippen molar-refractivity contribution in [3.05, 3.63) is 58.7 Å². The van der Waals surface area contributed by atoms with Crippen molar-refractivity contribution in [2.24, 2.45) is 5.92 Å². The van der Waals surface area contributed by atoms with Gasteiger partial charge in [-0.15, -0.1) is 0 Å². The molecule has 0 atom stereocenters. The number of aryl methyl sites for hydroxylation is 3. The summed E-state index contributed by atoms with van der Waals surface area (Å²) < 4.78 is 0. The normalized spacial score (nSPS) is 10.6. The van der Waals surface area contributed by atoms with Crippen LogP contribution in [0.15, 0.2) is 36.4 Å². The second-order valence-electron chi connectivity index (χ2n) is 7.32. The van der Waals surface area contributed by atoms with Gasteiger partial charge in [0.1, 0.15) is 0 Å². The van der Waals surface area contributed by atoms with Gasteiger partial charge in [0.05, 0.1) is 12.1 Å². The predicted molar refractivity (Wildman–Crippen MR) is 111 cm³/mol. The lowest BCUT2D eigenvalue weighted by Crippen LogP contribution is -2.29. The van der Waals surface area contributed by atoms with Crippen LogP contribution in [0.25, 0.3) is 0 Å². The van der Waals surface area contributed by atoms with Crippen LogP contribution in [0.3, 0.4) is 0 Å². The standard InChI is InChI=1S/C22H29N3O2/c1-14(2)12-24-22(27)18-8-6-7-9-19(18)23-13-20(26)25-21-16(4)10-15(3)11-17(21)5/h6-11,14,23H,12-13H2,1-5H3,(H,24,27)(H,25,26). The highest BCUT2D eigenvalue weighted by Crippen LogP contribution is 2.22. The van der Waals surface area contributed by atoms with Crippen molar-refractivity contribution in [1.82, 2.24) is 5.32 Å². The van der Waals surface area contributed by atoms with Gasteiger partial charge in [0.2, 0.25) is 5.91 Å². The molecule has 0 heterocycles. The highest BCUT2D eigenvalue weighted by atomic mass is 16.2. The maximum atomic E-state index is 12.4. The molecule has 0 aliphatic heterocycles. The van der Waals surface area contributed by atoms with Crippen molar-refractivity contribution in [3.63, 3.8) is 0 Å². The van der Waals surface area contributed by atoms with E-state index in [1.165, 1.54) is 5.56 Å². The first kappa shape index (κ1) is 20.5. The molecule has 0 spiro atoms. The van der Waals surface area contributed by atoms with E-state index < -0.39 is 0 Å². The van der Waals surface area contributed by atoms with Gasteiger partial charge in [-0.05, 0) is 49.9 Å². The maximum Gasteiger partial charge on any atom is 0.253 e. The Morgan fingerprint density at radius 2 is 1.63 bits per heavy atom. The third kappa shape index (κ3) is 5.84. The summed E-state index contributed by atoms with van der Waals surface area (Å²) in [5.74, 6) is 0.0840. The van der Waals surface area contributed by atoms with Crippen LogP contribution < -0.4 is 16.0 Å². The van der Waals surface area contributed by atoms with Crippen molar-refractivity contribution in [3.8, 4) is 0 Å². The highest BCUT2D eigenvalue weighted by Gasteiger charge is 2.13. The van der Waals surface area contributed by atoms with Crippen LogP contribution in [0.2, 0.25) is 0 Å². The Hall–Kier alpha value is -2.82. The van der Waals surface area contributed by atoms with Gasteiger partial charge in [-0.3, -0.25) is 9.59 Å². The molecule has 0 aromatic heterocycles. The quantitative estimate of drug-likeness (QED) is 0.691. The Balaban J connectivity index is 2.03. The zero-order valence-electron chi connectivity index (χ0n) is 16.8. The van der Waals surface area contributed by atoms with Gasteiger partial charge in [-0.1, -0.05) is 43.7 Å². The van der Waals surface area contributed by atoms with Gasteiger partial charge in [0.15, 0.2) is 0 Å². The van der Waals surface area contributed by atoms with E-state index in [9.17, 15) is 9.59 Å². The fourth-order valence-corrected chi connectivity index (χ4v) is 2.96. The minimum Gasteiger partial charge on any atom is -0.376 e. The van der Waals surface area contributed by atoms with Gasteiger partial charge >= 0.3 is 0 Å². The number of rotatable bonds is 7. The molecule has 0 unspecified atom stereocenters. The molecule has 2 aromatic rings. The van der Waals surface area contributed by atoms with Gasteiger partial charge in [-0.25, -0.2) is 0 Å². The van der Waals surface area contributed by atoms with Crippen LogP contribution in [-0.4, -0.2) is 24.9 Å². The van der Waals surface area contributed by atoms with Crippen molar-refractivity contribution in [2.75, 3.05) is 23.7 Å². The summed E-state index contributed by atoms with van der Waals surface area (Å²) in [5.41, 5.74) is 5.27. The Morgan fingerprint density at radius 1 is 1.00 bits per heavy atom. The van der Waals surface area contributed by atoms with E-state index in [1.807, 2.05) is 58.9 Å². The zero-order valence-corrected chi connectivity index (χ0v) is 16.8. The smallest absolute Gasteiger partial charge is 0.253 e. The van der Waals surface area contributed by atoms with Gasteiger partial charge in [0.25, 0.3) is 5.91 Å². The zero-order chi connectivity index (χ0) is 20.0. The largest absolute Gasteiger partial charge is 0.376 e. The molecule has 2 rings (SSSR count). The summed E-state index contributed by atoms with van der Waals surface area (Å²) >= 11 is 0. The van der Waals surface area contributed by atoms with Gasteiger partial charge in [-0.2, -0.15) is 0 Å². The lowest BCUT2D eigenvalue weighted by Gasteiger charge is -2.15. The van der Waals surface area contributed by atoms with Crippen molar-refractivity contribution in [1.29, 1.82) is 0 Å². The molecule has 0 aliphatic rings. The van der Waals surface area contributed by atoms with Gasteiger partial charge < -0.3 is 16.0 Å². The van der Waals surface area contributed by atoms with E-state index in [-0.39, 0.29) is 18.4 Å². The van der Waals surface area contributed by atoms with E-state index in [0.29, 0.717) is 23.7 Å². The number of benzene rings is 2. The Kier molecular flexibility index (Phi) is 6.99. The fourth-order valence-electron chi connectivity index (χ4n) is 2.96. The monoisotopic (exact) mass is 367 g/mol. The van der Waals surface area contributed by atoms with Crippen molar-refractivity contribution in [2.45, 2.75) is 34.6 Å². The molecule has 0 bridgehead atoms. The molecule has 2 aromatic carbocycles. The minimum atomic E-state index is -0.151. The molecular weight excluding hydrogens is 338 g/mol. The number of carbonyl (C=O) groups excluding carboxylic acids is 2. The van der Waals surface area contributed by atoms with Crippen LogP contribution in [0, 0.1) is 26.7 Å². The fraction of sp³-hybridized carbons (Fsp3) is 0.364. The molecule has 144 valence electrons. The topological polar surface area (TPSA) is 70.2 Å².